The van der Waals surface area contributed by atoms with E-state index in [1.807, 2.05) is 6.07 Å². The van der Waals surface area contributed by atoms with Crippen LogP contribution in [0.1, 0.15) is 51.3 Å². The maximum Gasteiger partial charge on any atom is 0.227 e. The van der Waals surface area contributed by atoms with Gasteiger partial charge in [-0.1, -0.05) is 49.9 Å². The SMILES string of the molecule is CC(C)n1c(-c2cccc3c2oc2nc(CC4CCCC4)ccc23)nc2ccccc21. The zero-order valence-corrected chi connectivity index (χ0v) is 18.1. The van der Waals surface area contributed by atoms with Crippen LogP contribution in [0, 0.1) is 5.92 Å². The second-order valence-corrected chi connectivity index (χ2v) is 9.18. The minimum Gasteiger partial charge on any atom is -0.437 e. The molecule has 0 bridgehead atoms. The van der Waals surface area contributed by atoms with Gasteiger partial charge in [0.25, 0.3) is 0 Å². The van der Waals surface area contributed by atoms with Gasteiger partial charge in [-0.25, -0.2) is 9.97 Å². The molecule has 156 valence electrons. The summed E-state index contributed by atoms with van der Waals surface area (Å²) in [7, 11) is 0. The van der Waals surface area contributed by atoms with Crippen molar-refractivity contribution in [1.29, 1.82) is 0 Å². The summed E-state index contributed by atoms with van der Waals surface area (Å²) in [4.78, 5) is 9.91. The number of rotatable bonds is 4. The summed E-state index contributed by atoms with van der Waals surface area (Å²) in [6.45, 7) is 4.40. The number of aromatic nitrogens is 3. The van der Waals surface area contributed by atoms with Gasteiger partial charge in [0.1, 0.15) is 11.4 Å². The lowest BCUT2D eigenvalue weighted by Gasteiger charge is -2.13. The number of hydrogen-bond acceptors (Lipinski definition) is 3. The molecule has 2 aromatic carbocycles. The van der Waals surface area contributed by atoms with Gasteiger partial charge in [0.15, 0.2) is 0 Å². The van der Waals surface area contributed by atoms with Crippen molar-refractivity contribution >= 4 is 33.1 Å². The van der Waals surface area contributed by atoms with E-state index < -0.39 is 0 Å². The summed E-state index contributed by atoms with van der Waals surface area (Å²) < 4.78 is 8.71. The van der Waals surface area contributed by atoms with E-state index in [1.54, 1.807) is 0 Å². The first-order chi connectivity index (χ1) is 15.2. The molecule has 0 unspecified atom stereocenters. The fourth-order valence-electron chi connectivity index (χ4n) is 5.27. The lowest BCUT2D eigenvalue weighted by atomic mass is 10.0. The molecule has 0 aliphatic heterocycles. The average molecular weight is 410 g/mol. The minimum atomic E-state index is 0.290. The molecule has 3 aromatic heterocycles. The number of furan rings is 1. The smallest absolute Gasteiger partial charge is 0.227 e. The Bertz CT molecular complexity index is 1400. The lowest BCUT2D eigenvalue weighted by molar-refractivity contribution is 0.537. The normalized spacial score (nSPS) is 15.2. The maximum absolute atomic E-state index is 6.41. The van der Waals surface area contributed by atoms with Crippen LogP contribution in [0.4, 0.5) is 0 Å². The fraction of sp³-hybridized carbons (Fsp3) is 0.333. The predicted molar refractivity (Wildman–Crippen MR) is 126 cm³/mol. The first kappa shape index (κ1) is 18.6. The molecule has 1 fully saturated rings. The van der Waals surface area contributed by atoms with E-state index >= 15 is 0 Å². The molecule has 1 aliphatic carbocycles. The van der Waals surface area contributed by atoms with Crippen LogP contribution in [-0.2, 0) is 6.42 Å². The fourth-order valence-corrected chi connectivity index (χ4v) is 5.27. The molecule has 0 N–H and O–H groups in total. The first-order valence-corrected chi connectivity index (χ1v) is 11.5. The second-order valence-electron chi connectivity index (χ2n) is 9.18. The third-order valence-electron chi connectivity index (χ3n) is 6.75. The molecule has 6 rings (SSSR count). The Labute approximate surface area is 181 Å². The Morgan fingerprint density at radius 2 is 1.77 bits per heavy atom. The number of benzene rings is 2. The van der Waals surface area contributed by atoms with Crippen molar-refractivity contribution < 1.29 is 4.42 Å². The van der Waals surface area contributed by atoms with Gasteiger partial charge in [-0.3, -0.25) is 0 Å². The van der Waals surface area contributed by atoms with E-state index in [9.17, 15) is 0 Å². The van der Waals surface area contributed by atoms with Crippen molar-refractivity contribution in [3.05, 3.63) is 60.3 Å². The summed E-state index contributed by atoms with van der Waals surface area (Å²) >= 11 is 0. The van der Waals surface area contributed by atoms with Gasteiger partial charge in [-0.05, 0) is 56.5 Å². The molecule has 0 radical (unpaired) electrons. The summed E-state index contributed by atoms with van der Waals surface area (Å²) in [6.07, 6.45) is 6.43. The van der Waals surface area contributed by atoms with Crippen LogP contribution in [0.15, 0.2) is 59.0 Å². The van der Waals surface area contributed by atoms with Crippen LogP contribution in [0.5, 0.6) is 0 Å². The average Bonchev–Trinajstić information content (AvgIpc) is 3.49. The highest BCUT2D eigenvalue weighted by molar-refractivity contribution is 6.08. The third-order valence-corrected chi connectivity index (χ3v) is 6.75. The predicted octanol–water partition coefficient (Wildman–Crippen LogP) is 7.31. The van der Waals surface area contributed by atoms with Gasteiger partial charge in [0, 0.05) is 22.5 Å². The molecule has 31 heavy (non-hydrogen) atoms. The highest BCUT2D eigenvalue weighted by Gasteiger charge is 2.21. The maximum atomic E-state index is 6.41. The largest absolute Gasteiger partial charge is 0.437 e. The van der Waals surface area contributed by atoms with Gasteiger partial charge in [0.2, 0.25) is 5.71 Å². The van der Waals surface area contributed by atoms with Crippen LogP contribution in [0.25, 0.3) is 44.5 Å². The topological polar surface area (TPSA) is 43.9 Å². The molecule has 1 saturated carbocycles. The monoisotopic (exact) mass is 409 g/mol. The lowest BCUT2D eigenvalue weighted by Crippen LogP contribution is -2.03. The quantitative estimate of drug-likeness (QED) is 0.312. The highest BCUT2D eigenvalue weighted by Crippen LogP contribution is 2.37. The molecule has 4 heteroatoms. The van der Waals surface area contributed by atoms with E-state index in [0.717, 1.165) is 62.5 Å². The highest BCUT2D eigenvalue weighted by atomic mass is 16.3. The summed E-state index contributed by atoms with van der Waals surface area (Å²) in [5, 5.41) is 2.19. The molecular weight excluding hydrogens is 382 g/mol. The van der Waals surface area contributed by atoms with Crippen LogP contribution in [0.2, 0.25) is 0 Å². The molecule has 0 spiro atoms. The van der Waals surface area contributed by atoms with Crippen LogP contribution < -0.4 is 0 Å². The second kappa shape index (κ2) is 7.23. The van der Waals surface area contributed by atoms with Gasteiger partial charge in [-0.15, -0.1) is 0 Å². The number of imidazole rings is 1. The van der Waals surface area contributed by atoms with Crippen LogP contribution in [-0.4, -0.2) is 14.5 Å². The zero-order valence-electron chi connectivity index (χ0n) is 18.1. The number of pyridine rings is 1. The molecule has 3 heterocycles. The summed E-state index contributed by atoms with van der Waals surface area (Å²) in [6, 6.07) is 19.3. The van der Waals surface area contributed by atoms with Gasteiger partial charge < -0.3 is 8.98 Å². The number of fused-ring (bicyclic) bond motifs is 4. The summed E-state index contributed by atoms with van der Waals surface area (Å²) in [5.41, 5.74) is 5.95. The van der Waals surface area contributed by atoms with E-state index in [4.69, 9.17) is 14.4 Å². The number of hydrogen-bond donors (Lipinski definition) is 0. The Morgan fingerprint density at radius 1 is 0.935 bits per heavy atom. The first-order valence-electron chi connectivity index (χ1n) is 11.5. The van der Waals surface area contributed by atoms with Gasteiger partial charge in [0.05, 0.1) is 16.6 Å². The molecule has 4 nitrogen and oxygen atoms in total. The van der Waals surface area contributed by atoms with Crippen LogP contribution >= 0.6 is 0 Å². The standard InChI is InChI=1S/C27H27N3O/c1-17(2)30-24-13-6-5-12-23(24)29-26(30)22-11-7-10-20-21-15-14-19(16-18-8-3-4-9-18)28-27(21)31-25(20)22/h5-7,10-15,17-18H,3-4,8-9,16H2,1-2H3. The van der Waals surface area contributed by atoms with Crippen molar-refractivity contribution in [1.82, 2.24) is 14.5 Å². The van der Waals surface area contributed by atoms with Crippen molar-refractivity contribution in [3.8, 4) is 11.4 Å². The molecule has 0 amide bonds. The van der Waals surface area contributed by atoms with E-state index in [-0.39, 0.29) is 6.04 Å². The van der Waals surface area contributed by atoms with E-state index in [1.165, 1.54) is 25.7 Å². The Balaban J connectivity index is 1.53. The number of nitrogens with zero attached hydrogens (tertiary/aromatic N) is 3. The molecule has 0 atom stereocenters. The van der Waals surface area contributed by atoms with Crippen molar-refractivity contribution in [3.63, 3.8) is 0 Å². The number of para-hydroxylation sites is 3. The third kappa shape index (κ3) is 3.04. The van der Waals surface area contributed by atoms with Crippen molar-refractivity contribution in [2.45, 2.75) is 52.0 Å². The van der Waals surface area contributed by atoms with Gasteiger partial charge >= 0.3 is 0 Å². The van der Waals surface area contributed by atoms with E-state index in [0.29, 0.717) is 0 Å². The zero-order chi connectivity index (χ0) is 20.9. The molecule has 0 saturated heterocycles. The van der Waals surface area contributed by atoms with Crippen LogP contribution in [0.3, 0.4) is 0 Å². The van der Waals surface area contributed by atoms with Gasteiger partial charge in [-0.2, -0.15) is 0 Å². The molecular formula is C27H27N3O. The van der Waals surface area contributed by atoms with E-state index in [2.05, 4.69) is 66.9 Å². The molecule has 1 aliphatic rings. The molecule has 5 aromatic rings. The Kier molecular flexibility index (Phi) is 4.34. The summed E-state index contributed by atoms with van der Waals surface area (Å²) in [5.74, 6) is 1.72. The van der Waals surface area contributed by atoms with Crippen molar-refractivity contribution in [2.24, 2.45) is 5.92 Å². The van der Waals surface area contributed by atoms with Crippen molar-refractivity contribution in [2.75, 3.05) is 0 Å². The minimum absolute atomic E-state index is 0.290. The Morgan fingerprint density at radius 3 is 2.61 bits per heavy atom. The Hall–Kier alpha value is -3.14.